The number of rotatable bonds is 5. The van der Waals surface area contributed by atoms with E-state index < -0.39 is 24.0 Å². The fraction of sp³-hybridized carbons (Fsp3) is 0.200. The highest BCUT2D eigenvalue weighted by Gasteiger charge is 2.60. The number of anilines is 2. The molecule has 3 aromatic rings. The van der Waals surface area contributed by atoms with Crippen LogP contribution in [0.3, 0.4) is 0 Å². The van der Waals surface area contributed by atoms with Gasteiger partial charge in [0.2, 0.25) is 5.91 Å². The number of carbonyl (C=O) groups excluding carboxylic acids is 2. The number of methoxy groups -OCH3 is 2. The molecule has 0 radical (unpaired) electrons. The number of hydrogen-bond acceptors (Lipinski definition) is 6. The summed E-state index contributed by atoms with van der Waals surface area (Å²) in [5, 5.41) is 1.67. The molecule has 5 rings (SSSR count). The van der Waals surface area contributed by atoms with Crippen LogP contribution in [0.2, 0.25) is 0 Å². The van der Waals surface area contributed by atoms with Gasteiger partial charge in [0.05, 0.1) is 31.6 Å². The van der Waals surface area contributed by atoms with Crippen LogP contribution >= 0.6 is 0 Å². The summed E-state index contributed by atoms with van der Waals surface area (Å²) < 4.78 is 10.7. The second-order valence-corrected chi connectivity index (χ2v) is 7.61. The molecule has 7 heteroatoms. The molecule has 7 nitrogen and oxygen atoms in total. The standard InChI is InChI=1S/C25H22N2O5/c1-30-18-14-12-16(13-15-18)22-21-23(32-27(22)17-8-4-3-5-9-17)25(29)26(24(21)28)19-10-6-7-11-20(19)31-2/h3-15,21-23H,1-2H3/t21-,22-,23-/m1/s1. The van der Waals surface area contributed by atoms with Crippen molar-refractivity contribution in [3.8, 4) is 11.5 Å². The van der Waals surface area contributed by atoms with Crippen molar-refractivity contribution in [1.82, 2.24) is 0 Å². The molecule has 0 N–H and O–H groups in total. The van der Waals surface area contributed by atoms with Crippen molar-refractivity contribution >= 4 is 23.2 Å². The molecule has 3 atom stereocenters. The van der Waals surface area contributed by atoms with Crippen LogP contribution in [0.25, 0.3) is 0 Å². The van der Waals surface area contributed by atoms with E-state index in [1.54, 1.807) is 36.4 Å². The quantitative estimate of drug-likeness (QED) is 0.575. The second kappa shape index (κ2) is 8.01. The van der Waals surface area contributed by atoms with Gasteiger partial charge in [0.1, 0.15) is 17.4 Å². The number of fused-ring (bicyclic) bond motifs is 1. The summed E-state index contributed by atoms with van der Waals surface area (Å²) in [6, 6.07) is 23.5. The van der Waals surface area contributed by atoms with Gasteiger partial charge in [0.15, 0.2) is 6.10 Å². The zero-order chi connectivity index (χ0) is 22.2. The van der Waals surface area contributed by atoms with E-state index in [2.05, 4.69) is 0 Å². The molecule has 2 saturated heterocycles. The second-order valence-electron chi connectivity index (χ2n) is 7.61. The molecule has 0 bridgehead atoms. The van der Waals surface area contributed by atoms with E-state index in [0.29, 0.717) is 17.2 Å². The van der Waals surface area contributed by atoms with Crippen LogP contribution in [0.5, 0.6) is 11.5 Å². The van der Waals surface area contributed by atoms with E-state index in [0.717, 1.165) is 11.3 Å². The molecular formula is C25H22N2O5. The van der Waals surface area contributed by atoms with Crippen LogP contribution in [0.4, 0.5) is 11.4 Å². The Kier molecular flexibility index (Phi) is 5.03. The van der Waals surface area contributed by atoms with Gasteiger partial charge < -0.3 is 9.47 Å². The van der Waals surface area contributed by atoms with Gasteiger partial charge in [0.25, 0.3) is 5.91 Å². The first-order valence-electron chi connectivity index (χ1n) is 10.3. The minimum atomic E-state index is -0.931. The summed E-state index contributed by atoms with van der Waals surface area (Å²) in [6.45, 7) is 0. The summed E-state index contributed by atoms with van der Waals surface area (Å²) in [4.78, 5) is 34.4. The van der Waals surface area contributed by atoms with Gasteiger partial charge in [-0.2, -0.15) is 0 Å². The summed E-state index contributed by atoms with van der Waals surface area (Å²) in [7, 11) is 3.11. The molecule has 2 aliphatic rings. The molecule has 2 aliphatic heterocycles. The third-order valence-corrected chi connectivity index (χ3v) is 5.91. The lowest BCUT2D eigenvalue weighted by molar-refractivity contribution is -0.126. The van der Waals surface area contributed by atoms with Crippen LogP contribution in [-0.4, -0.2) is 32.1 Å². The molecule has 2 fully saturated rings. The van der Waals surface area contributed by atoms with Gasteiger partial charge >= 0.3 is 0 Å². The average molecular weight is 430 g/mol. The number of benzene rings is 3. The molecule has 3 aromatic carbocycles. The maximum Gasteiger partial charge on any atom is 0.266 e. The Morgan fingerprint density at radius 2 is 1.47 bits per heavy atom. The molecule has 0 unspecified atom stereocenters. The van der Waals surface area contributed by atoms with Gasteiger partial charge in [-0.05, 0) is 42.0 Å². The molecule has 0 spiro atoms. The topological polar surface area (TPSA) is 68.3 Å². The predicted octanol–water partition coefficient (Wildman–Crippen LogP) is 3.75. The van der Waals surface area contributed by atoms with E-state index in [1.807, 2.05) is 54.6 Å². The number of imide groups is 1. The Bertz CT molecular complexity index is 1150. The lowest BCUT2D eigenvalue weighted by Gasteiger charge is -2.29. The average Bonchev–Trinajstić information content (AvgIpc) is 3.35. The maximum atomic E-state index is 13.7. The minimum Gasteiger partial charge on any atom is -0.497 e. The summed E-state index contributed by atoms with van der Waals surface area (Å²) in [6.07, 6.45) is -0.931. The van der Waals surface area contributed by atoms with E-state index in [-0.39, 0.29) is 5.91 Å². The SMILES string of the molecule is COc1ccc([C@@H]2[C@H]3C(=O)N(c4ccccc4OC)C(=O)[C@@H]3ON2c2ccccc2)cc1. The van der Waals surface area contributed by atoms with E-state index >= 15 is 0 Å². The Morgan fingerprint density at radius 3 is 2.16 bits per heavy atom. The molecule has 2 heterocycles. The molecule has 2 amide bonds. The summed E-state index contributed by atoms with van der Waals surface area (Å²) >= 11 is 0. The van der Waals surface area contributed by atoms with E-state index in [9.17, 15) is 9.59 Å². The van der Waals surface area contributed by atoms with Gasteiger partial charge in [-0.15, -0.1) is 0 Å². The van der Waals surface area contributed by atoms with Crippen LogP contribution in [0.1, 0.15) is 11.6 Å². The van der Waals surface area contributed by atoms with Crippen molar-refractivity contribution in [1.29, 1.82) is 0 Å². The van der Waals surface area contributed by atoms with Crippen molar-refractivity contribution in [2.75, 3.05) is 24.2 Å². The van der Waals surface area contributed by atoms with Crippen LogP contribution < -0.4 is 19.4 Å². The molecular weight excluding hydrogens is 408 g/mol. The minimum absolute atomic E-state index is 0.316. The number of ether oxygens (including phenoxy) is 2. The Hall–Kier alpha value is -3.84. The highest BCUT2D eigenvalue weighted by atomic mass is 16.7. The Morgan fingerprint density at radius 1 is 0.781 bits per heavy atom. The van der Waals surface area contributed by atoms with Gasteiger partial charge in [-0.3, -0.25) is 14.4 Å². The zero-order valence-electron chi connectivity index (χ0n) is 17.7. The normalized spacial score (nSPS) is 22.2. The molecule has 0 aromatic heterocycles. The van der Waals surface area contributed by atoms with Crippen LogP contribution in [0.15, 0.2) is 78.9 Å². The van der Waals surface area contributed by atoms with Gasteiger partial charge in [-0.1, -0.05) is 42.5 Å². The van der Waals surface area contributed by atoms with Crippen molar-refractivity contribution in [2.45, 2.75) is 12.1 Å². The van der Waals surface area contributed by atoms with E-state index in [1.165, 1.54) is 12.0 Å². The summed E-state index contributed by atoms with van der Waals surface area (Å²) in [5.74, 6) is -0.263. The molecule has 32 heavy (non-hydrogen) atoms. The maximum absolute atomic E-state index is 13.7. The number of amides is 2. The number of para-hydroxylation sites is 3. The van der Waals surface area contributed by atoms with Crippen molar-refractivity contribution in [2.24, 2.45) is 5.92 Å². The lowest BCUT2D eigenvalue weighted by Crippen LogP contribution is -2.37. The van der Waals surface area contributed by atoms with Crippen LogP contribution in [0, 0.1) is 5.92 Å². The number of hydrogen-bond donors (Lipinski definition) is 0. The zero-order valence-corrected chi connectivity index (χ0v) is 17.7. The summed E-state index contributed by atoms with van der Waals surface area (Å²) in [5.41, 5.74) is 2.04. The van der Waals surface area contributed by atoms with E-state index in [4.69, 9.17) is 14.3 Å². The Labute approximate surface area is 185 Å². The fourth-order valence-corrected chi connectivity index (χ4v) is 4.41. The highest BCUT2D eigenvalue weighted by molar-refractivity contribution is 6.24. The number of carbonyl (C=O) groups is 2. The largest absolute Gasteiger partial charge is 0.497 e. The number of nitrogens with zero attached hydrogens (tertiary/aromatic N) is 2. The Balaban J connectivity index is 1.59. The van der Waals surface area contributed by atoms with Gasteiger partial charge in [-0.25, -0.2) is 9.96 Å². The third kappa shape index (κ3) is 3.09. The first-order valence-corrected chi connectivity index (χ1v) is 10.3. The van der Waals surface area contributed by atoms with Crippen LogP contribution in [-0.2, 0) is 14.4 Å². The third-order valence-electron chi connectivity index (χ3n) is 5.91. The predicted molar refractivity (Wildman–Crippen MR) is 119 cm³/mol. The molecule has 0 saturated carbocycles. The smallest absolute Gasteiger partial charge is 0.266 e. The first-order chi connectivity index (χ1) is 15.6. The molecule has 0 aliphatic carbocycles. The first kappa shape index (κ1) is 20.1. The lowest BCUT2D eigenvalue weighted by atomic mass is 9.90. The monoisotopic (exact) mass is 430 g/mol. The van der Waals surface area contributed by atoms with Gasteiger partial charge in [0, 0.05) is 0 Å². The van der Waals surface area contributed by atoms with Crippen molar-refractivity contribution in [3.05, 3.63) is 84.4 Å². The highest BCUT2D eigenvalue weighted by Crippen LogP contribution is 2.48. The number of hydroxylamine groups is 1. The van der Waals surface area contributed by atoms with Crippen molar-refractivity contribution in [3.63, 3.8) is 0 Å². The fourth-order valence-electron chi connectivity index (χ4n) is 4.41. The van der Waals surface area contributed by atoms with Crippen molar-refractivity contribution < 1.29 is 23.9 Å². The molecule has 162 valence electrons.